The quantitative estimate of drug-likeness (QED) is 0.805. The number of carbonyl (C=O) groups is 2. The van der Waals surface area contributed by atoms with Crippen LogP contribution in [-0.2, 0) is 15.0 Å². The first-order chi connectivity index (χ1) is 11.5. The summed E-state index contributed by atoms with van der Waals surface area (Å²) < 4.78 is 13.6. The van der Waals surface area contributed by atoms with Crippen molar-refractivity contribution in [2.75, 3.05) is 6.54 Å². The largest absolute Gasteiger partial charge is 0.355 e. The van der Waals surface area contributed by atoms with E-state index in [9.17, 15) is 14.0 Å². The van der Waals surface area contributed by atoms with E-state index < -0.39 is 5.41 Å². The van der Waals surface area contributed by atoms with Crippen LogP contribution in [0.2, 0.25) is 0 Å². The molecule has 1 atom stereocenters. The molecular formula is C19H27FN2O2. The number of benzene rings is 1. The fraction of sp³-hybridized carbons (Fsp3) is 0.579. The zero-order valence-corrected chi connectivity index (χ0v) is 14.5. The lowest BCUT2D eigenvalue weighted by Crippen LogP contribution is -2.44. The maximum Gasteiger partial charge on any atom is 0.230 e. The summed E-state index contributed by atoms with van der Waals surface area (Å²) in [4.78, 5) is 24.6. The van der Waals surface area contributed by atoms with Crippen LogP contribution in [0.3, 0.4) is 0 Å². The molecule has 1 aromatic rings. The Morgan fingerprint density at radius 2 is 2.00 bits per heavy atom. The summed E-state index contributed by atoms with van der Waals surface area (Å²) in [5.74, 6) is -0.475. The molecule has 0 spiro atoms. The van der Waals surface area contributed by atoms with Crippen LogP contribution in [0.5, 0.6) is 0 Å². The first-order valence-corrected chi connectivity index (χ1v) is 8.81. The van der Waals surface area contributed by atoms with Gasteiger partial charge in [0.15, 0.2) is 0 Å². The fourth-order valence-electron chi connectivity index (χ4n) is 3.32. The van der Waals surface area contributed by atoms with Gasteiger partial charge in [-0.1, -0.05) is 31.9 Å². The first-order valence-electron chi connectivity index (χ1n) is 8.81. The Hall–Kier alpha value is -1.91. The number of carbonyl (C=O) groups excluding carboxylic acids is 2. The predicted octanol–water partition coefficient (Wildman–Crippen LogP) is 3.06. The molecule has 5 heteroatoms. The first kappa shape index (κ1) is 18.4. The second-order valence-corrected chi connectivity index (χ2v) is 6.68. The standard InChI is InChI=1S/C19H27FN2O2/c1-3-14(2)22-17(23)9-12-21-18(24)19(10-4-5-11-19)15-7-6-8-16(20)13-15/h6-8,13-14H,3-5,9-12H2,1-2H3,(H,21,24)(H,22,23). The number of halogens is 1. The highest BCUT2D eigenvalue weighted by atomic mass is 19.1. The van der Waals surface area contributed by atoms with E-state index in [4.69, 9.17) is 0 Å². The Balaban J connectivity index is 1.97. The number of hydrogen-bond acceptors (Lipinski definition) is 2. The molecule has 2 amide bonds. The van der Waals surface area contributed by atoms with Crippen molar-refractivity contribution in [2.45, 2.75) is 63.8 Å². The second-order valence-electron chi connectivity index (χ2n) is 6.68. The van der Waals surface area contributed by atoms with Crippen LogP contribution in [0.15, 0.2) is 24.3 Å². The molecule has 4 nitrogen and oxygen atoms in total. The van der Waals surface area contributed by atoms with Crippen molar-refractivity contribution >= 4 is 11.8 Å². The van der Waals surface area contributed by atoms with E-state index in [2.05, 4.69) is 10.6 Å². The van der Waals surface area contributed by atoms with E-state index in [1.165, 1.54) is 12.1 Å². The molecule has 1 unspecified atom stereocenters. The van der Waals surface area contributed by atoms with Gasteiger partial charge in [0.25, 0.3) is 0 Å². The van der Waals surface area contributed by atoms with Gasteiger partial charge >= 0.3 is 0 Å². The lowest BCUT2D eigenvalue weighted by molar-refractivity contribution is -0.127. The van der Waals surface area contributed by atoms with Crippen molar-refractivity contribution in [1.29, 1.82) is 0 Å². The van der Waals surface area contributed by atoms with E-state index in [1.54, 1.807) is 6.07 Å². The summed E-state index contributed by atoms with van der Waals surface area (Å²) in [5.41, 5.74) is 0.0801. The summed E-state index contributed by atoms with van der Waals surface area (Å²) in [5, 5.41) is 5.76. The minimum absolute atomic E-state index is 0.0594. The lowest BCUT2D eigenvalue weighted by atomic mass is 9.78. The molecular weight excluding hydrogens is 307 g/mol. The molecule has 0 radical (unpaired) electrons. The summed E-state index contributed by atoms with van der Waals surface area (Å²) >= 11 is 0. The molecule has 0 saturated heterocycles. The third-order valence-corrected chi connectivity index (χ3v) is 4.93. The molecule has 0 aliphatic heterocycles. The minimum Gasteiger partial charge on any atom is -0.355 e. The van der Waals surface area contributed by atoms with Gasteiger partial charge in [-0.3, -0.25) is 9.59 Å². The zero-order chi connectivity index (χ0) is 17.6. The van der Waals surface area contributed by atoms with Crippen LogP contribution in [0, 0.1) is 5.82 Å². The van der Waals surface area contributed by atoms with Crippen LogP contribution >= 0.6 is 0 Å². The Kier molecular flexibility index (Phi) is 6.35. The number of nitrogens with one attached hydrogen (secondary N) is 2. The lowest BCUT2D eigenvalue weighted by Gasteiger charge is -2.28. The molecule has 2 rings (SSSR count). The van der Waals surface area contributed by atoms with Crippen LogP contribution in [0.4, 0.5) is 4.39 Å². The predicted molar refractivity (Wildman–Crippen MR) is 92.1 cm³/mol. The number of hydrogen-bond donors (Lipinski definition) is 2. The van der Waals surface area contributed by atoms with Crippen molar-refractivity contribution in [3.05, 3.63) is 35.6 Å². The Morgan fingerprint density at radius 1 is 1.29 bits per heavy atom. The highest BCUT2D eigenvalue weighted by Gasteiger charge is 2.42. The molecule has 24 heavy (non-hydrogen) atoms. The van der Waals surface area contributed by atoms with Gasteiger partial charge in [-0.2, -0.15) is 0 Å². The van der Waals surface area contributed by atoms with Crippen molar-refractivity contribution < 1.29 is 14.0 Å². The number of amides is 2. The fourth-order valence-corrected chi connectivity index (χ4v) is 3.32. The summed E-state index contributed by atoms with van der Waals surface area (Å²) in [6, 6.07) is 6.46. The Labute approximate surface area is 143 Å². The average Bonchev–Trinajstić information content (AvgIpc) is 3.05. The number of rotatable bonds is 7. The molecule has 0 bridgehead atoms. The van der Waals surface area contributed by atoms with Gasteiger partial charge in [0, 0.05) is 19.0 Å². The van der Waals surface area contributed by atoms with Crippen molar-refractivity contribution in [2.24, 2.45) is 0 Å². The molecule has 1 aliphatic rings. The van der Waals surface area contributed by atoms with Crippen LogP contribution in [0.1, 0.15) is 57.9 Å². The molecule has 1 aliphatic carbocycles. The zero-order valence-electron chi connectivity index (χ0n) is 14.5. The molecule has 0 aromatic heterocycles. The van der Waals surface area contributed by atoms with Gasteiger partial charge < -0.3 is 10.6 Å². The average molecular weight is 334 g/mol. The Bertz CT molecular complexity index is 582. The van der Waals surface area contributed by atoms with Gasteiger partial charge in [-0.05, 0) is 43.9 Å². The third kappa shape index (κ3) is 4.34. The highest BCUT2D eigenvalue weighted by Crippen LogP contribution is 2.41. The monoisotopic (exact) mass is 334 g/mol. The minimum atomic E-state index is -0.657. The molecule has 0 heterocycles. The molecule has 1 aromatic carbocycles. The van der Waals surface area contributed by atoms with Crippen molar-refractivity contribution in [3.63, 3.8) is 0 Å². The molecule has 2 N–H and O–H groups in total. The summed E-state index contributed by atoms with van der Waals surface area (Å²) in [6.07, 6.45) is 4.50. The van der Waals surface area contributed by atoms with E-state index >= 15 is 0 Å². The van der Waals surface area contributed by atoms with Crippen LogP contribution in [-0.4, -0.2) is 24.4 Å². The van der Waals surface area contributed by atoms with Gasteiger partial charge in [0.2, 0.25) is 11.8 Å². The van der Waals surface area contributed by atoms with Crippen LogP contribution in [0.25, 0.3) is 0 Å². The van der Waals surface area contributed by atoms with Crippen molar-refractivity contribution in [3.8, 4) is 0 Å². The summed E-state index contributed by atoms with van der Waals surface area (Å²) in [6.45, 7) is 4.27. The van der Waals surface area contributed by atoms with Crippen LogP contribution < -0.4 is 10.6 Å². The van der Waals surface area contributed by atoms with E-state index in [0.717, 1.165) is 37.7 Å². The maximum absolute atomic E-state index is 13.6. The van der Waals surface area contributed by atoms with Gasteiger partial charge in [0.05, 0.1) is 5.41 Å². The SMILES string of the molecule is CCC(C)NC(=O)CCNC(=O)C1(c2cccc(F)c2)CCCC1. The normalized spacial score (nSPS) is 17.3. The third-order valence-electron chi connectivity index (χ3n) is 4.93. The van der Waals surface area contributed by atoms with Gasteiger partial charge in [-0.15, -0.1) is 0 Å². The van der Waals surface area contributed by atoms with E-state index in [0.29, 0.717) is 6.54 Å². The Morgan fingerprint density at radius 3 is 2.62 bits per heavy atom. The topological polar surface area (TPSA) is 58.2 Å². The second kappa shape index (κ2) is 8.27. The van der Waals surface area contributed by atoms with E-state index in [-0.39, 0.29) is 30.1 Å². The smallest absolute Gasteiger partial charge is 0.230 e. The van der Waals surface area contributed by atoms with E-state index in [1.807, 2.05) is 19.9 Å². The molecule has 132 valence electrons. The summed E-state index contributed by atoms with van der Waals surface area (Å²) in [7, 11) is 0. The molecule has 1 saturated carbocycles. The van der Waals surface area contributed by atoms with Gasteiger partial charge in [-0.25, -0.2) is 4.39 Å². The molecule has 1 fully saturated rings. The highest BCUT2D eigenvalue weighted by molar-refractivity contribution is 5.89. The maximum atomic E-state index is 13.6. The van der Waals surface area contributed by atoms with Gasteiger partial charge in [0.1, 0.15) is 5.82 Å². The van der Waals surface area contributed by atoms with Crippen molar-refractivity contribution in [1.82, 2.24) is 10.6 Å².